The van der Waals surface area contributed by atoms with Gasteiger partial charge in [-0.1, -0.05) is 0 Å². The number of rotatable bonds is 4. The minimum atomic E-state index is -3.58. The second-order valence-electron chi connectivity index (χ2n) is 5.44. The lowest BCUT2D eigenvalue weighted by molar-refractivity contribution is 0.389. The average molecular weight is 333 g/mol. The van der Waals surface area contributed by atoms with Crippen molar-refractivity contribution in [3.05, 3.63) is 42.1 Å². The first-order valence-electron chi connectivity index (χ1n) is 7.47. The van der Waals surface area contributed by atoms with Crippen molar-refractivity contribution in [2.24, 2.45) is 0 Å². The van der Waals surface area contributed by atoms with Crippen LogP contribution in [0.4, 0.5) is 5.82 Å². The Morgan fingerprint density at radius 3 is 2.87 bits per heavy atom. The van der Waals surface area contributed by atoms with Gasteiger partial charge in [-0.05, 0) is 31.9 Å². The molecule has 0 spiro atoms. The maximum atomic E-state index is 12.9. The molecule has 1 saturated heterocycles. The monoisotopic (exact) mass is 333 g/mol. The Morgan fingerprint density at radius 2 is 2.17 bits per heavy atom. The van der Waals surface area contributed by atoms with Gasteiger partial charge < -0.3 is 5.32 Å². The molecule has 8 heteroatoms. The highest BCUT2D eigenvalue weighted by Crippen LogP contribution is 2.36. The highest BCUT2D eigenvalue weighted by Gasteiger charge is 2.37. The van der Waals surface area contributed by atoms with Crippen molar-refractivity contribution in [2.75, 3.05) is 18.9 Å². The Morgan fingerprint density at radius 1 is 1.35 bits per heavy atom. The third kappa shape index (κ3) is 3.04. The molecule has 0 unspecified atom stereocenters. The van der Waals surface area contributed by atoms with Gasteiger partial charge in [-0.25, -0.2) is 18.4 Å². The number of nitrogens with one attached hydrogen (secondary N) is 1. The Kier molecular flexibility index (Phi) is 4.27. The molecule has 7 nitrogen and oxygen atoms in total. The zero-order chi connectivity index (χ0) is 16.4. The molecule has 2 aromatic heterocycles. The lowest BCUT2D eigenvalue weighted by atomic mass is 10.1. The van der Waals surface area contributed by atoms with Crippen molar-refractivity contribution in [2.45, 2.75) is 30.7 Å². The summed E-state index contributed by atoms with van der Waals surface area (Å²) in [7, 11) is -1.80. The van der Waals surface area contributed by atoms with E-state index in [4.69, 9.17) is 0 Å². The summed E-state index contributed by atoms with van der Waals surface area (Å²) in [5, 5.41) is 2.99. The third-order valence-electron chi connectivity index (χ3n) is 3.90. The third-order valence-corrected chi connectivity index (χ3v) is 5.79. The molecule has 0 aromatic carbocycles. The van der Waals surface area contributed by atoms with Crippen LogP contribution in [0.15, 0.2) is 35.5 Å². The molecule has 3 heterocycles. The molecule has 122 valence electrons. The van der Waals surface area contributed by atoms with Gasteiger partial charge in [0.1, 0.15) is 16.5 Å². The zero-order valence-corrected chi connectivity index (χ0v) is 13.9. The molecule has 2 aromatic rings. The van der Waals surface area contributed by atoms with Gasteiger partial charge in [-0.15, -0.1) is 0 Å². The van der Waals surface area contributed by atoms with E-state index in [2.05, 4.69) is 20.3 Å². The fourth-order valence-corrected chi connectivity index (χ4v) is 4.48. The minimum absolute atomic E-state index is 0.214. The van der Waals surface area contributed by atoms with E-state index in [-0.39, 0.29) is 10.9 Å². The summed E-state index contributed by atoms with van der Waals surface area (Å²) in [5.74, 6) is 1.32. The standard InChI is InChI=1S/C15H19N5O2S/c1-11-18-13(9-15(16-2)19-11)14-6-4-8-20(14)23(21,22)12-5-3-7-17-10-12/h3,5,7,9-10,14H,4,6,8H2,1-2H3,(H,16,18,19)/t14-/m1/s1. The van der Waals surface area contributed by atoms with Crippen LogP contribution < -0.4 is 5.32 Å². The zero-order valence-electron chi connectivity index (χ0n) is 13.1. The number of hydrogen-bond donors (Lipinski definition) is 1. The van der Waals surface area contributed by atoms with E-state index in [0.29, 0.717) is 18.2 Å². The fraction of sp³-hybridized carbons (Fsp3) is 0.400. The average Bonchev–Trinajstić information content (AvgIpc) is 3.05. The SMILES string of the molecule is CNc1cc([C@H]2CCCN2S(=O)(=O)c2cccnc2)nc(C)n1. The quantitative estimate of drug-likeness (QED) is 0.917. The molecule has 0 radical (unpaired) electrons. The molecular formula is C15H19N5O2S. The number of nitrogens with zero attached hydrogens (tertiary/aromatic N) is 4. The van der Waals surface area contributed by atoms with E-state index in [9.17, 15) is 8.42 Å². The van der Waals surface area contributed by atoms with Crippen LogP contribution in [0, 0.1) is 6.92 Å². The summed E-state index contributed by atoms with van der Waals surface area (Å²) < 4.78 is 27.3. The number of aromatic nitrogens is 3. The van der Waals surface area contributed by atoms with Crippen LogP contribution in [0.5, 0.6) is 0 Å². The molecule has 1 fully saturated rings. The van der Waals surface area contributed by atoms with Crippen LogP contribution in [-0.2, 0) is 10.0 Å². The predicted octanol–water partition coefficient (Wildman–Crippen LogP) is 1.75. The van der Waals surface area contributed by atoms with E-state index >= 15 is 0 Å². The molecular weight excluding hydrogens is 314 g/mol. The summed E-state index contributed by atoms with van der Waals surface area (Å²) in [5.41, 5.74) is 0.729. The molecule has 23 heavy (non-hydrogen) atoms. The second kappa shape index (κ2) is 6.21. The van der Waals surface area contributed by atoms with Gasteiger partial charge in [0, 0.05) is 32.1 Å². The van der Waals surface area contributed by atoms with Gasteiger partial charge in [-0.3, -0.25) is 4.98 Å². The van der Waals surface area contributed by atoms with Crippen LogP contribution in [0.2, 0.25) is 0 Å². The van der Waals surface area contributed by atoms with E-state index in [1.54, 1.807) is 32.3 Å². The Hall–Kier alpha value is -2.06. The van der Waals surface area contributed by atoms with Crippen molar-refractivity contribution in [1.29, 1.82) is 0 Å². The van der Waals surface area contributed by atoms with Crippen molar-refractivity contribution in [1.82, 2.24) is 19.3 Å². The molecule has 1 aliphatic rings. The normalized spacial score (nSPS) is 19.0. The first-order chi connectivity index (χ1) is 11.0. The number of pyridine rings is 1. The summed E-state index contributed by atoms with van der Waals surface area (Å²) in [4.78, 5) is 12.9. The number of anilines is 1. The summed E-state index contributed by atoms with van der Waals surface area (Å²) >= 11 is 0. The minimum Gasteiger partial charge on any atom is -0.373 e. The fourth-order valence-electron chi connectivity index (χ4n) is 2.85. The number of aryl methyl sites for hydroxylation is 1. The van der Waals surface area contributed by atoms with E-state index < -0.39 is 10.0 Å². The molecule has 0 aliphatic carbocycles. The van der Waals surface area contributed by atoms with Gasteiger partial charge >= 0.3 is 0 Å². The first kappa shape index (κ1) is 15.8. The van der Waals surface area contributed by atoms with Crippen molar-refractivity contribution in [3.8, 4) is 0 Å². The maximum absolute atomic E-state index is 12.9. The summed E-state index contributed by atoms with van der Waals surface area (Å²) in [6, 6.07) is 4.75. The largest absolute Gasteiger partial charge is 0.373 e. The van der Waals surface area contributed by atoms with Gasteiger partial charge in [0.25, 0.3) is 0 Å². The van der Waals surface area contributed by atoms with Crippen molar-refractivity contribution in [3.63, 3.8) is 0 Å². The number of sulfonamides is 1. The molecule has 0 amide bonds. The van der Waals surface area contributed by atoms with Gasteiger partial charge in [0.15, 0.2) is 0 Å². The maximum Gasteiger partial charge on any atom is 0.245 e. The van der Waals surface area contributed by atoms with Gasteiger partial charge in [-0.2, -0.15) is 4.31 Å². The summed E-state index contributed by atoms with van der Waals surface area (Å²) in [6.07, 6.45) is 4.50. The predicted molar refractivity (Wildman–Crippen MR) is 86.4 cm³/mol. The van der Waals surface area contributed by atoms with Crippen LogP contribution in [0.25, 0.3) is 0 Å². The molecule has 1 aliphatic heterocycles. The van der Waals surface area contributed by atoms with Gasteiger partial charge in [0.05, 0.1) is 11.7 Å². The second-order valence-corrected chi connectivity index (χ2v) is 7.33. The van der Waals surface area contributed by atoms with E-state index in [0.717, 1.165) is 18.5 Å². The van der Waals surface area contributed by atoms with Gasteiger partial charge in [0.2, 0.25) is 10.0 Å². The molecule has 0 bridgehead atoms. The topological polar surface area (TPSA) is 88.1 Å². The highest BCUT2D eigenvalue weighted by atomic mass is 32.2. The first-order valence-corrected chi connectivity index (χ1v) is 8.91. The van der Waals surface area contributed by atoms with Crippen molar-refractivity contribution < 1.29 is 8.42 Å². The lowest BCUT2D eigenvalue weighted by Crippen LogP contribution is -2.31. The van der Waals surface area contributed by atoms with Crippen molar-refractivity contribution >= 4 is 15.8 Å². The molecule has 3 rings (SSSR count). The van der Waals surface area contributed by atoms with E-state index in [1.165, 1.54) is 10.5 Å². The van der Waals surface area contributed by atoms with E-state index in [1.807, 2.05) is 6.07 Å². The Bertz CT molecular complexity index is 795. The number of hydrogen-bond acceptors (Lipinski definition) is 6. The molecule has 1 atom stereocenters. The smallest absolute Gasteiger partial charge is 0.245 e. The lowest BCUT2D eigenvalue weighted by Gasteiger charge is -2.24. The van der Waals surface area contributed by atoms with Crippen LogP contribution in [0.3, 0.4) is 0 Å². The highest BCUT2D eigenvalue weighted by molar-refractivity contribution is 7.89. The Balaban J connectivity index is 1.99. The van der Waals surface area contributed by atoms with Crippen LogP contribution in [-0.4, -0.2) is 41.3 Å². The summed E-state index contributed by atoms with van der Waals surface area (Å²) in [6.45, 7) is 2.29. The molecule has 1 N–H and O–H groups in total. The molecule has 0 saturated carbocycles. The Labute approximate surface area is 135 Å². The van der Waals surface area contributed by atoms with Crippen LogP contribution >= 0.6 is 0 Å². The van der Waals surface area contributed by atoms with Crippen LogP contribution in [0.1, 0.15) is 30.4 Å².